The van der Waals surface area contributed by atoms with E-state index in [2.05, 4.69) is 5.32 Å². The number of hydrogen-bond donors (Lipinski definition) is 7. The minimum atomic E-state index is -4.25. The van der Waals surface area contributed by atoms with Crippen LogP contribution in [0.2, 0.25) is 6.32 Å². The highest BCUT2D eigenvalue weighted by Gasteiger charge is 2.54. The van der Waals surface area contributed by atoms with Gasteiger partial charge in [0.2, 0.25) is 0 Å². The molecule has 0 aliphatic carbocycles. The SMILES string of the molecule is NC(CN(C1CCNCC1)S(=O)(=O)N1C[C@H](CCCB(O)O)[C@](N)(C(=O)O)C1)C(=O)O. The van der Waals surface area contributed by atoms with Crippen molar-refractivity contribution in [1.82, 2.24) is 13.9 Å². The van der Waals surface area contributed by atoms with E-state index in [1.807, 2.05) is 0 Å². The molecule has 1 unspecified atom stereocenters. The fraction of sp³-hybridized carbons (Fsp3) is 0.875. The van der Waals surface area contributed by atoms with Gasteiger partial charge >= 0.3 is 19.1 Å². The summed E-state index contributed by atoms with van der Waals surface area (Å²) in [6, 6.07) is -1.91. The van der Waals surface area contributed by atoms with E-state index in [4.69, 9.17) is 21.5 Å². The Kier molecular flexibility index (Phi) is 8.81. The third-order valence-corrected chi connectivity index (χ3v) is 8.01. The highest BCUT2D eigenvalue weighted by molar-refractivity contribution is 7.86. The lowest BCUT2D eigenvalue weighted by atomic mass is 9.78. The largest absolute Gasteiger partial charge is 0.480 e. The number of nitrogens with one attached hydrogen (secondary N) is 1. The number of aliphatic carboxylic acids is 2. The number of hydrogen-bond acceptors (Lipinski definition) is 9. The quantitative estimate of drug-likeness (QED) is 0.150. The van der Waals surface area contributed by atoms with E-state index in [0.29, 0.717) is 25.9 Å². The molecule has 13 nitrogen and oxygen atoms in total. The van der Waals surface area contributed by atoms with E-state index < -0.39 is 65.9 Å². The van der Waals surface area contributed by atoms with Crippen molar-refractivity contribution >= 4 is 29.3 Å². The number of piperidine rings is 1. The van der Waals surface area contributed by atoms with Gasteiger partial charge in [-0.15, -0.1) is 0 Å². The number of carboxylic acids is 2. The van der Waals surface area contributed by atoms with Crippen LogP contribution in [0.25, 0.3) is 0 Å². The molecule has 3 atom stereocenters. The Bertz CT molecular complexity index is 750. The van der Waals surface area contributed by atoms with Gasteiger partial charge in [0, 0.05) is 31.6 Å². The summed E-state index contributed by atoms with van der Waals surface area (Å²) in [7, 11) is -5.80. The van der Waals surface area contributed by atoms with Crippen LogP contribution >= 0.6 is 0 Å². The summed E-state index contributed by atoms with van der Waals surface area (Å²) in [5, 5.41) is 40.0. The predicted octanol–water partition coefficient (Wildman–Crippen LogP) is -3.34. The molecule has 0 saturated carbocycles. The lowest BCUT2D eigenvalue weighted by Crippen LogP contribution is -2.58. The predicted molar refractivity (Wildman–Crippen MR) is 111 cm³/mol. The Morgan fingerprint density at radius 2 is 1.87 bits per heavy atom. The molecular weight excluding hydrogens is 433 g/mol. The molecule has 2 heterocycles. The maximum Gasteiger partial charge on any atom is 0.451 e. The van der Waals surface area contributed by atoms with E-state index >= 15 is 0 Å². The Hall–Kier alpha value is -1.33. The first kappa shape index (κ1) is 25.9. The van der Waals surface area contributed by atoms with Crippen LogP contribution in [0.15, 0.2) is 0 Å². The summed E-state index contributed by atoms with van der Waals surface area (Å²) in [6.07, 6.45) is 1.38. The van der Waals surface area contributed by atoms with E-state index in [9.17, 15) is 28.2 Å². The first-order valence-electron chi connectivity index (χ1n) is 10.2. The van der Waals surface area contributed by atoms with Gasteiger partial charge in [-0.2, -0.15) is 17.0 Å². The molecule has 0 spiro atoms. The molecule has 2 rings (SSSR count). The number of rotatable bonds is 11. The Morgan fingerprint density at radius 1 is 1.26 bits per heavy atom. The van der Waals surface area contributed by atoms with Gasteiger partial charge in [0.15, 0.2) is 0 Å². The van der Waals surface area contributed by atoms with E-state index in [1.54, 1.807) is 0 Å². The van der Waals surface area contributed by atoms with E-state index in [0.717, 1.165) is 8.61 Å². The zero-order valence-corrected chi connectivity index (χ0v) is 18.1. The zero-order valence-electron chi connectivity index (χ0n) is 17.3. The number of carboxylic acid groups (broad SMARTS) is 2. The Morgan fingerprint density at radius 3 is 2.39 bits per heavy atom. The molecule has 2 aliphatic heterocycles. The maximum absolute atomic E-state index is 13.5. The third-order valence-electron chi connectivity index (χ3n) is 6.04. The van der Waals surface area contributed by atoms with Crippen molar-refractivity contribution in [1.29, 1.82) is 0 Å². The molecule has 178 valence electrons. The van der Waals surface area contributed by atoms with Crippen LogP contribution in [0.4, 0.5) is 0 Å². The average molecular weight is 465 g/mol. The van der Waals surface area contributed by atoms with Crippen LogP contribution in [0.1, 0.15) is 25.7 Å². The van der Waals surface area contributed by atoms with Crippen molar-refractivity contribution in [2.45, 2.75) is 49.6 Å². The van der Waals surface area contributed by atoms with E-state index in [-0.39, 0.29) is 25.7 Å². The van der Waals surface area contributed by atoms with Gasteiger partial charge < -0.3 is 37.0 Å². The maximum atomic E-state index is 13.5. The van der Waals surface area contributed by atoms with Crippen LogP contribution in [0, 0.1) is 5.92 Å². The first-order chi connectivity index (χ1) is 14.4. The highest BCUT2D eigenvalue weighted by Crippen LogP contribution is 2.34. The summed E-state index contributed by atoms with van der Waals surface area (Å²) in [5.41, 5.74) is 9.89. The normalized spacial score (nSPS) is 26.8. The van der Waals surface area contributed by atoms with Gasteiger partial charge in [-0.1, -0.05) is 6.42 Å². The van der Waals surface area contributed by atoms with Gasteiger partial charge in [-0.05, 0) is 38.7 Å². The second-order valence-corrected chi connectivity index (χ2v) is 10.1. The summed E-state index contributed by atoms with van der Waals surface area (Å²) >= 11 is 0. The van der Waals surface area contributed by atoms with Crippen LogP contribution < -0.4 is 16.8 Å². The van der Waals surface area contributed by atoms with Crippen molar-refractivity contribution in [2.24, 2.45) is 17.4 Å². The van der Waals surface area contributed by atoms with Crippen LogP contribution in [-0.2, 0) is 19.8 Å². The molecule has 0 amide bonds. The lowest BCUT2D eigenvalue weighted by molar-refractivity contribution is -0.144. The fourth-order valence-corrected chi connectivity index (χ4v) is 6.13. The van der Waals surface area contributed by atoms with Crippen molar-refractivity contribution in [3.63, 3.8) is 0 Å². The Labute approximate surface area is 181 Å². The topological polar surface area (TPSA) is 220 Å². The molecule has 31 heavy (non-hydrogen) atoms. The highest BCUT2D eigenvalue weighted by atomic mass is 32.2. The molecule has 2 fully saturated rings. The van der Waals surface area contributed by atoms with Gasteiger partial charge in [-0.3, -0.25) is 9.59 Å². The molecule has 9 N–H and O–H groups in total. The standard InChI is InChI=1S/C16H32BN5O8S/c18-13(14(23)24)9-22(12-3-6-20-7-4-12)31(29,30)21-8-11(2-1-5-17(27)28)16(19,10-21)15(25)26/h11-13,20,27-28H,1-10,18-19H2,(H,23,24)(H,25,26)/t11-,13?,16-/m0/s1. The molecule has 0 bridgehead atoms. The molecule has 0 aromatic rings. The lowest BCUT2D eigenvalue weighted by Gasteiger charge is -2.37. The van der Waals surface area contributed by atoms with Crippen molar-refractivity contribution in [3.05, 3.63) is 0 Å². The van der Waals surface area contributed by atoms with Crippen molar-refractivity contribution in [3.8, 4) is 0 Å². The molecular formula is C16H32BN5O8S. The van der Waals surface area contributed by atoms with Crippen LogP contribution in [-0.4, -0.2) is 107 Å². The molecule has 0 aromatic carbocycles. The number of nitrogens with zero attached hydrogens (tertiary/aromatic N) is 2. The van der Waals surface area contributed by atoms with Gasteiger partial charge in [0.1, 0.15) is 11.6 Å². The zero-order chi connectivity index (χ0) is 23.4. The fourth-order valence-electron chi connectivity index (χ4n) is 4.15. The summed E-state index contributed by atoms with van der Waals surface area (Å²) < 4.78 is 29.0. The number of nitrogens with two attached hydrogens (primary N) is 2. The third kappa shape index (κ3) is 6.13. The minimum absolute atomic E-state index is 0.00755. The average Bonchev–Trinajstić information content (AvgIpc) is 3.05. The molecule has 15 heteroatoms. The molecule has 2 saturated heterocycles. The second-order valence-electron chi connectivity index (χ2n) is 8.25. The minimum Gasteiger partial charge on any atom is -0.480 e. The van der Waals surface area contributed by atoms with Gasteiger partial charge in [0.05, 0.1) is 0 Å². The number of carbonyl (C=O) groups is 2. The Balaban J connectivity index is 2.28. The molecule has 2 aliphatic rings. The monoisotopic (exact) mass is 465 g/mol. The summed E-state index contributed by atoms with van der Waals surface area (Å²) in [6.45, 7) is 0.0319. The molecule has 0 radical (unpaired) electrons. The molecule has 0 aromatic heterocycles. The second kappa shape index (κ2) is 10.5. The van der Waals surface area contributed by atoms with Gasteiger partial charge in [0.25, 0.3) is 10.2 Å². The van der Waals surface area contributed by atoms with E-state index in [1.165, 1.54) is 0 Å². The van der Waals surface area contributed by atoms with Crippen LogP contribution in [0.3, 0.4) is 0 Å². The van der Waals surface area contributed by atoms with Crippen molar-refractivity contribution in [2.75, 3.05) is 32.7 Å². The summed E-state index contributed by atoms with van der Waals surface area (Å²) in [4.78, 5) is 23.1. The summed E-state index contributed by atoms with van der Waals surface area (Å²) in [5.74, 6) is -3.44. The van der Waals surface area contributed by atoms with Crippen molar-refractivity contribution < 1.29 is 38.3 Å². The van der Waals surface area contributed by atoms with Crippen LogP contribution in [0.5, 0.6) is 0 Å². The first-order valence-corrected chi connectivity index (χ1v) is 11.6. The smallest absolute Gasteiger partial charge is 0.451 e. The van der Waals surface area contributed by atoms with Gasteiger partial charge in [-0.25, -0.2) is 0 Å².